The van der Waals surface area contributed by atoms with Crippen LogP contribution in [0.25, 0.3) is 0 Å². The van der Waals surface area contributed by atoms with Crippen molar-refractivity contribution in [3.05, 3.63) is 23.2 Å². The normalized spacial score (nSPS) is 22.1. The topological polar surface area (TPSA) is 120 Å². The summed E-state index contributed by atoms with van der Waals surface area (Å²) in [5.41, 5.74) is 0.478. The number of nitrogens with one attached hydrogen (secondary N) is 1. The zero-order valence-electron chi connectivity index (χ0n) is 21.1. The molecule has 0 radical (unpaired) electrons. The van der Waals surface area contributed by atoms with Crippen molar-refractivity contribution in [1.29, 1.82) is 0 Å². The standard InChI is InChI=1S/C23H36ClN5O6S2/c1-35-22-8-7-19(24)17-21(22)25-23(30)18-26-9-11-28(12-10-26)37(33,34)29-15-13-27(14-16-29)36(31,32)20-5-3-2-4-6-20/h7-8,17,20H,2-6,9-16,18H2,1H3,(H,25,30). The molecule has 11 nitrogen and oxygen atoms in total. The van der Waals surface area contributed by atoms with E-state index in [2.05, 4.69) is 5.32 Å². The van der Waals surface area contributed by atoms with Crippen LogP contribution in [-0.2, 0) is 25.0 Å². The van der Waals surface area contributed by atoms with Crippen LogP contribution in [0.2, 0.25) is 5.02 Å². The van der Waals surface area contributed by atoms with E-state index in [4.69, 9.17) is 16.3 Å². The number of rotatable bonds is 8. The summed E-state index contributed by atoms with van der Waals surface area (Å²) in [5.74, 6) is 0.257. The maximum absolute atomic E-state index is 13.2. The quantitative estimate of drug-likeness (QED) is 0.496. The molecule has 2 aliphatic heterocycles. The number of hydrogen-bond acceptors (Lipinski definition) is 7. The number of sulfonamides is 1. The van der Waals surface area contributed by atoms with Gasteiger partial charge >= 0.3 is 0 Å². The summed E-state index contributed by atoms with van der Waals surface area (Å²) in [7, 11) is -5.59. The lowest BCUT2D eigenvalue weighted by Gasteiger charge is -2.40. The van der Waals surface area contributed by atoms with E-state index in [9.17, 15) is 21.6 Å². The van der Waals surface area contributed by atoms with Gasteiger partial charge in [0.05, 0.1) is 24.6 Å². The molecule has 1 amide bonds. The molecule has 2 saturated heterocycles. The van der Waals surface area contributed by atoms with Crippen LogP contribution in [0.5, 0.6) is 5.75 Å². The van der Waals surface area contributed by atoms with Crippen LogP contribution >= 0.6 is 11.6 Å². The average Bonchev–Trinajstić information content (AvgIpc) is 2.89. The molecule has 0 bridgehead atoms. The van der Waals surface area contributed by atoms with Crippen LogP contribution in [0.15, 0.2) is 18.2 Å². The third kappa shape index (κ3) is 6.75. The van der Waals surface area contributed by atoms with Crippen LogP contribution in [0.4, 0.5) is 5.69 Å². The Morgan fingerprint density at radius 3 is 2.08 bits per heavy atom. The largest absolute Gasteiger partial charge is 0.495 e. The lowest BCUT2D eigenvalue weighted by molar-refractivity contribution is -0.117. The first-order valence-corrected chi connectivity index (χ1v) is 16.0. The van der Waals surface area contributed by atoms with E-state index in [-0.39, 0.29) is 57.0 Å². The fourth-order valence-electron chi connectivity index (χ4n) is 5.18. The number of piperazine rings is 2. The minimum atomic E-state index is -3.71. The summed E-state index contributed by atoms with van der Waals surface area (Å²) in [6.07, 6.45) is 4.32. The fraction of sp³-hybridized carbons (Fsp3) is 0.696. The predicted molar refractivity (Wildman–Crippen MR) is 143 cm³/mol. The van der Waals surface area contributed by atoms with Crippen LogP contribution in [0.3, 0.4) is 0 Å². The number of carbonyl (C=O) groups excluding carboxylic acids is 1. The van der Waals surface area contributed by atoms with Gasteiger partial charge in [-0.25, -0.2) is 8.42 Å². The van der Waals surface area contributed by atoms with Gasteiger partial charge in [-0.1, -0.05) is 30.9 Å². The number of hydrogen-bond donors (Lipinski definition) is 1. The van der Waals surface area contributed by atoms with E-state index in [0.29, 0.717) is 42.4 Å². The molecule has 3 aliphatic rings. The molecular weight excluding hydrogens is 542 g/mol. The lowest BCUT2D eigenvalue weighted by atomic mass is 10.0. The number of benzene rings is 1. The third-order valence-electron chi connectivity index (χ3n) is 7.32. The highest BCUT2D eigenvalue weighted by Gasteiger charge is 2.39. The smallest absolute Gasteiger partial charge is 0.282 e. The van der Waals surface area contributed by atoms with Crippen LogP contribution < -0.4 is 10.1 Å². The Morgan fingerprint density at radius 1 is 0.919 bits per heavy atom. The number of carbonyl (C=O) groups is 1. The molecule has 2 heterocycles. The SMILES string of the molecule is COc1ccc(Cl)cc1NC(=O)CN1CCN(S(=O)(=O)N2CCN(S(=O)(=O)C3CCCCC3)CC2)CC1. The molecule has 14 heteroatoms. The summed E-state index contributed by atoms with van der Waals surface area (Å²) < 4.78 is 62.0. The van der Waals surface area contributed by atoms with Crippen LogP contribution in [0, 0.1) is 0 Å². The third-order valence-corrected chi connectivity index (χ3v) is 12.0. The molecule has 0 atom stereocenters. The highest BCUT2D eigenvalue weighted by Crippen LogP contribution is 2.28. The Hall–Kier alpha value is -1.48. The van der Waals surface area contributed by atoms with Crippen molar-refractivity contribution in [3.63, 3.8) is 0 Å². The minimum Gasteiger partial charge on any atom is -0.495 e. The van der Waals surface area contributed by atoms with Crippen molar-refractivity contribution < 1.29 is 26.4 Å². The van der Waals surface area contributed by atoms with Crippen molar-refractivity contribution in [2.45, 2.75) is 37.4 Å². The van der Waals surface area contributed by atoms with Crippen molar-refractivity contribution >= 4 is 43.4 Å². The van der Waals surface area contributed by atoms with Gasteiger partial charge in [0.15, 0.2) is 0 Å². The molecule has 1 aliphatic carbocycles. The van der Waals surface area contributed by atoms with Crippen molar-refractivity contribution in [3.8, 4) is 5.75 Å². The van der Waals surface area contributed by atoms with E-state index in [1.54, 1.807) is 18.2 Å². The van der Waals surface area contributed by atoms with Crippen LogP contribution in [-0.4, -0.2) is 112 Å². The number of methoxy groups -OCH3 is 1. The molecule has 4 rings (SSSR count). The zero-order valence-corrected chi connectivity index (χ0v) is 23.5. The highest BCUT2D eigenvalue weighted by molar-refractivity contribution is 7.89. The summed E-state index contributed by atoms with van der Waals surface area (Å²) in [5, 5.41) is 2.93. The number of anilines is 1. The molecule has 1 aromatic carbocycles. The first kappa shape index (κ1) is 28.5. The highest BCUT2D eigenvalue weighted by atomic mass is 35.5. The molecule has 1 aromatic rings. The van der Waals surface area contributed by atoms with Crippen molar-refractivity contribution in [1.82, 2.24) is 17.8 Å². The Labute approximate surface area is 224 Å². The van der Waals surface area contributed by atoms with Gasteiger partial charge in [-0.2, -0.15) is 21.3 Å². The van der Waals surface area contributed by atoms with Crippen molar-refractivity contribution in [2.24, 2.45) is 0 Å². The molecule has 1 N–H and O–H groups in total. The molecule has 0 spiro atoms. The molecule has 0 aromatic heterocycles. The lowest BCUT2D eigenvalue weighted by Crippen LogP contribution is -2.58. The Bertz CT molecular complexity index is 1160. The summed E-state index contributed by atoms with van der Waals surface area (Å²) in [4.78, 5) is 14.5. The number of ether oxygens (including phenoxy) is 1. The van der Waals surface area contributed by atoms with Gasteiger partial charge in [-0.15, -0.1) is 0 Å². The second kappa shape index (κ2) is 12.1. The van der Waals surface area contributed by atoms with E-state index in [0.717, 1.165) is 19.3 Å². The van der Waals surface area contributed by atoms with E-state index < -0.39 is 20.2 Å². The molecular formula is C23H36ClN5O6S2. The van der Waals surface area contributed by atoms with Gasteiger partial charge < -0.3 is 10.1 Å². The first-order chi connectivity index (χ1) is 17.6. The Kier molecular flexibility index (Phi) is 9.36. The molecule has 208 valence electrons. The van der Waals surface area contributed by atoms with Crippen molar-refractivity contribution in [2.75, 3.05) is 71.3 Å². The second-order valence-corrected chi connectivity index (χ2v) is 14.3. The molecule has 1 saturated carbocycles. The first-order valence-electron chi connectivity index (χ1n) is 12.7. The maximum atomic E-state index is 13.2. The fourth-order valence-corrected chi connectivity index (χ4v) is 8.95. The maximum Gasteiger partial charge on any atom is 0.282 e. The van der Waals surface area contributed by atoms with E-state index >= 15 is 0 Å². The summed E-state index contributed by atoms with van der Waals surface area (Å²) in [6, 6.07) is 4.96. The van der Waals surface area contributed by atoms with Crippen LogP contribution in [0.1, 0.15) is 32.1 Å². The predicted octanol–water partition coefficient (Wildman–Crippen LogP) is 1.43. The van der Waals surface area contributed by atoms with Gasteiger partial charge in [0.2, 0.25) is 15.9 Å². The summed E-state index contributed by atoms with van der Waals surface area (Å²) >= 11 is 6.02. The van der Waals surface area contributed by atoms with Gasteiger partial charge in [-0.05, 0) is 31.0 Å². The average molecular weight is 578 g/mol. The zero-order chi connectivity index (χ0) is 26.6. The van der Waals surface area contributed by atoms with Gasteiger partial charge in [0.1, 0.15) is 5.75 Å². The number of amides is 1. The Morgan fingerprint density at radius 2 is 1.49 bits per heavy atom. The molecule has 0 unspecified atom stereocenters. The second-order valence-electron chi connectivity index (χ2n) is 9.68. The van der Waals surface area contributed by atoms with E-state index in [1.807, 2.05) is 4.90 Å². The number of nitrogens with zero attached hydrogens (tertiary/aromatic N) is 4. The molecule has 37 heavy (non-hydrogen) atoms. The van der Waals surface area contributed by atoms with Gasteiger partial charge in [-0.3, -0.25) is 9.69 Å². The summed E-state index contributed by atoms with van der Waals surface area (Å²) in [6.45, 7) is 2.13. The monoisotopic (exact) mass is 577 g/mol. The minimum absolute atomic E-state index is 0.112. The Balaban J connectivity index is 1.26. The molecule has 3 fully saturated rings. The van der Waals surface area contributed by atoms with E-state index in [1.165, 1.54) is 20.0 Å². The number of halogens is 1. The van der Waals surface area contributed by atoms with Gasteiger partial charge in [0.25, 0.3) is 10.2 Å². The van der Waals surface area contributed by atoms with Gasteiger partial charge in [0, 0.05) is 57.4 Å².